The Hall–Kier alpha value is -1.39. The minimum absolute atomic E-state index is 0.0678. The highest BCUT2D eigenvalue weighted by atomic mass is 16.5. The molecule has 0 saturated carbocycles. The molecule has 1 saturated heterocycles. The molecule has 3 N–H and O–H groups in total. The number of nitrogens with two attached hydrogens (primary N) is 1. The fourth-order valence-corrected chi connectivity index (χ4v) is 2.24. The highest BCUT2D eigenvalue weighted by Gasteiger charge is 2.16. The van der Waals surface area contributed by atoms with Gasteiger partial charge in [0.25, 0.3) is 0 Å². The van der Waals surface area contributed by atoms with Gasteiger partial charge in [0.05, 0.1) is 6.61 Å². The number of ether oxygens (including phenoxy) is 1. The number of hydrogen-bond acceptors (Lipinski definition) is 3. The molecule has 0 spiro atoms. The lowest BCUT2D eigenvalue weighted by atomic mass is 10.0. The first-order chi connectivity index (χ1) is 9.25. The van der Waals surface area contributed by atoms with E-state index < -0.39 is 0 Å². The number of amides is 1. The molecule has 2 unspecified atom stereocenters. The fourth-order valence-electron chi connectivity index (χ4n) is 2.24. The van der Waals surface area contributed by atoms with Crippen LogP contribution >= 0.6 is 0 Å². The molecule has 1 heterocycles. The van der Waals surface area contributed by atoms with Gasteiger partial charge >= 0.3 is 0 Å². The lowest BCUT2D eigenvalue weighted by Crippen LogP contribution is -2.30. The van der Waals surface area contributed by atoms with Crippen molar-refractivity contribution in [2.24, 2.45) is 11.7 Å². The third-order valence-electron chi connectivity index (χ3n) is 3.52. The van der Waals surface area contributed by atoms with Crippen molar-refractivity contribution in [2.75, 3.05) is 19.8 Å². The van der Waals surface area contributed by atoms with E-state index in [2.05, 4.69) is 5.32 Å². The molecule has 0 radical (unpaired) electrons. The van der Waals surface area contributed by atoms with Crippen molar-refractivity contribution < 1.29 is 9.53 Å². The summed E-state index contributed by atoms with van der Waals surface area (Å²) < 4.78 is 5.27. The summed E-state index contributed by atoms with van der Waals surface area (Å²) in [5.74, 6) is 0.560. The van der Waals surface area contributed by atoms with E-state index in [-0.39, 0.29) is 11.9 Å². The highest BCUT2D eigenvalue weighted by molar-refractivity contribution is 5.75. The minimum atomic E-state index is -0.0678. The Bertz CT molecular complexity index is 388. The largest absolute Gasteiger partial charge is 0.381 e. The van der Waals surface area contributed by atoms with Gasteiger partial charge in [-0.25, -0.2) is 0 Å². The van der Waals surface area contributed by atoms with Crippen LogP contribution in [0.5, 0.6) is 0 Å². The average molecular weight is 262 g/mol. The first kappa shape index (κ1) is 14.0. The SMILES string of the molecule is NC(CCC(=O)NCC1CCOC1)c1ccccc1. The molecule has 1 aromatic carbocycles. The number of carbonyl (C=O) groups is 1. The Kier molecular flexibility index (Phi) is 5.36. The second-order valence-corrected chi connectivity index (χ2v) is 5.09. The summed E-state index contributed by atoms with van der Waals surface area (Å²) in [7, 11) is 0. The first-order valence-corrected chi connectivity index (χ1v) is 6.90. The Labute approximate surface area is 114 Å². The molecule has 19 heavy (non-hydrogen) atoms. The summed E-state index contributed by atoms with van der Waals surface area (Å²) in [6.45, 7) is 2.31. The van der Waals surface area contributed by atoms with Gasteiger partial charge < -0.3 is 15.8 Å². The Morgan fingerprint density at radius 2 is 2.21 bits per heavy atom. The van der Waals surface area contributed by atoms with Gasteiger partial charge in [0.2, 0.25) is 5.91 Å². The van der Waals surface area contributed by atoms with E-state index in [1.54, 1.807) is 0 Å². The Balaban J connectivity index is 1.65. The molecule has 4 heteroatoms. The molecule has 1 aromatic rings. The van der Waals surface area contributed by atoms with Crippen molar-refractivity contribution >= 4 is 5.91 Å². The van der Waals surface area contributed by atoms with Crippen molar-refractivity contribution in [3.05, 3.63) is 35.9 Å². The van der Waals surface area contributed by atoms with Gasteiger partial charge in [0, 0.05) is 31.5 Å². The third-order valence-corrected chi connectivity index (χ3v) is 3.52. The molecular weight excluding hydrogens is 240 g/mol. The van der Waals surface area contributed by atoms with Crippen LogP contribution in [0, 0.1) is 5.92 Å². The van der Waals surface area contributed by atoms with E-state index in [4.69, 9.17) is 10.5 Å². The molecule has 0 bridgehead atoms. The predicted molar refractivity (Wildman–Crippen MR) is 74.5 cm³/mol. The molecule has 104 valence electrons. The zero-order chi connectivity index (χ0) is 13.5. The highest BCUT2D eigenvalue weighted by Crippen LogP contribution is 2.15. The zero-order valence-corrected chi connectivity index (χ0v) is 11.2. The van der Waals surface area contributed by atoms with Gasteiger partial charge in [0.1, 0.15) is 0 Å². The average Bonchev–Trinajstić information content (AvgIpc) is 2.96. The third kappa shape index (κ3) is 4.65. The first-order valence-electron chi connectivity index (χ1n) is 6.90. The maximum absolute atomic E-state index is 11.7. The van der Waals surface area contributed by atoms with Gasteiger partial charge in [-0.05, 0) is 18.4 Å². The van der Waals surface area contributed by atoms with Crippen LogP contribution in [-0.4, -0.2) is 25.7 Å². The van der Waals surface area contributed by atoms with E-state index in [0.717, 1.165) is 31.7 Å². The summed E-state index contributed by atoms with van der Waals surface area (Å²) in [6.07, 6.45) is 2.20. The standard InChI is InChI=1S/C15H22N2O2/c16-14(13-4-2-1-3-5-13)6-7-15(18)17-10-12-8-9-19-11-12/h1-5,12,14H,6-11,16H2,(H,17,18). The van der Waals surface area contributed by atoms with Gasteiger partial charge in [0.15, 0.2) is 0 Å². The molecule has 1 aliphatic heterocycles. The van der Waals surface area contributed by atoms with Crippen LogP contribution in [0.15, 0.2) is 30.3 Å². The quantitative estimate of drug-likeness (QED) is 0.819. The molecule has 1 aliphatic rings. The topological polar surface area (TPSA) is 64.4 Å². The molecule has 0 aromatic heterocycles. The van der Waals surface area contributed by atoms with Crippen LogP contribution < -0.4 is 11.1 Å². The van der Waals surface area contributed by atoms with Crippen LogP contribution in [0.4, 0.5) is 0 Å². The summed E-state index contributed by atoms with van der Waals surface area (Å²) in [5.41, 5.74) is 7.14. The normalized spacial score (nSPS) is 20.2. The molecule has 1 amide bonds. The van der Waals surface area contributed by atoms with Crippen molar-refractivity contribution in [1.82, 2.24) is 5.32 Å². The van der Waals surface area contributed by atoms with E-state index in [9.17, 15) is 4.79 Å². The molecule has 2 atom stereocenters. The minimum Gasteiger partial charge on any atom is -0.381 e. The number of hydrogen-bond donors (Lipinski definition) is 2. The maximum Gasteiger partial charge on any atom is 0.220 e. The van der Waals surface area contributed by atoms with Gasteiger partial charge in [-0.1, -0.05) is 30.3 Å². The molecule has 4 nitrogen and oxygen atoms in total. The summed E-state index contributed by atoms with van der Waals surface area (Å²) >= 11 is 0. The Morgan fingerprint density at radius 1 is 1.42 bits per heavy atom. The fraction of sp³-hybridized carbons (Fsp3) is 0.533. The number of rotatable bonds is 6. The zero-order valence-electron chi connectivity index (χ0n) is 11.2. The smallest absolute Gasteiger partial charge is 0.220 e. The van der Waals surface area contributed by atoms with Crippen molar-refractivity contribution in [3.8, 4) is 0 Å². The molecule has 0 aliphatic carbocycles. The lowest BCUT2D eigenvalue weighted by Gasteiger charge is -2.13. The molecular formula is C15H22N2O2. The summed E-state index contributed by atoms with van der Waals surface area (Å²) in [5, 5.41) is 2.96. The van der Waals surface area contributed by atoms with E-state index in [1.165, 1.54) is 0 Å². The number of benzene rings is 1. The van der Waals surface area contributed by atoms with Crippen molar-refractivity contribution in [1.29, 1.82) is 0 Å². The van der Waals surface area contributed by atoms with Crippen LogP contribution in [-0.2, 0) is 9.53 Å². The van der Waals surface area contributed by atoms with Crippen LogP contribution in [0.1, 0.15) is 30.9 Å². The van der Waals surface area contributed by atoms with Gasteiger partial charge in [-0.3, -0.25) is 4.79 Å². The Morgan fingerprint density at radius 3 is 2.89 bits per heavy atom. The summed E-state index contributed by atoms with van der Waals surface area (Å²) in [6, 6.07) is 9.83. The van der Waals surface area contributed by atoms with Gasteiger partial charge in [-0.15, -0.1) is 0 Å². The van der Waals surface area contributed by atoms with Crippen LogP contribution in [0.25, 0.3) is 0 Å². The summed E-state index contributed by atoms with van der Waals surface area (Å²) in [4.78, 5) is 11.7. The lowest BCUT2D eigenvalue weighted by molar-refractivity contribution is -0.121. The van der Waals surface area contributed by atoms with E-state index in [1.807, 2.05) is 30.3 Å². The van der Waals surface area contributed by atoms with Crippen molar-refractivity contribution in [3.63, 3.8) is 0 Å². The van der Waals surface area contributed by atoms with Gasteiger partial charge in [-0.2, -0.15) is 0 Å². The maximum atomic E-state index is 11.7. The molecule has 2 rings (SSSR count). The number of nitrogens with one attached hydrogen (secondary N) is 1. The predicted octanol–water partition coefficient (Wildman–Crippen LogP) is 1.62. The van der Waals surface area contributed by atoms with Crippen LogP contribution in [0.2, 0.25) is 0 Å². The number of carbonyl (C=O) groups excluding carboxylic acids is 1. The van der Waals surface area contributed by atoms with E-state index in [0.29, 0.717) is 18.8 Å². The second-order valence-electron chi connectivity index (χ2n) is 5.09. The monoisotopic (exact) mass is 262 g/mol. The molecule has 1 fully saturated rings. The van der Waals surface area contributed by atoms with Crippen LogP contribution in [0.3, 0.4) is 0 Å². The van der Waals surface area contributed by atoms with Crippen molar-refractivity contribution in [2.45, 2.75) is 25.3 Å². The van der Waals surface area contributed by atoms with E-state index >= 15 is 0 Å². The second kappa shape index (κ2) is 7.26.